The predicted octanol–water partition coefficient (Wildman–Crippen LogP) is 1.80. The first kappa shape index (κ1) is 57.9. The van der Waals surface area contributed by atoms with E-state index in [1.165, 1.54) is 54.2 Å². The fraction of sp³-hybridized carbons (Fsp3) is 0.462. The van der Waals surface area contributed by atoms with Crippen LogP contribution in [-0.4, -0.2) is 190 Å². The summed E-state index contributed by atoms with van der Waals surface area (Å²) in [5, 5.41) is 11.8. The number of amides is 8. The molecular formula is C52H64N10O12S2. The number of aromatic nitrogens is 2. The second-order valence-electron chi connectivity index (χ2n) is 19.3. The first-order chi connectivity index (χ1) is 36.0. The molecule has 0 saturated carbocycles. The van der Waals surface area contributed by atoms with Crippen molar-refractivity contribution in [2.45, 2.75) is 89.9 Å². The summed E-state index contributed by atoms with van der Waals surface area (Å²) in [5.41, 5.74) is 0.849. The Morgan fingerprint density at radius 2 is 0.895 bits per heavy atom. The van der Waals surface area contributed by atoms with Gasteiger partial charge in [-0.3, -0.25) is 38.4 Å². The number of esters is 2. The van der Waals surface area contributed by atoms with Crippen LogP contribution in [0.2, 0.25) is 0 Å². The summed E-state index contributed by atoms with van der Waals surface area (Å²) >= 11 is 0. The quantitative estimate of drug-likeness (QED) is 0.158. The fourth-order valence-electron chi connectivity index (χ4n) is 8.81. The minimum atomic E-state index is -1.62. The van der Waals surface area contributed by atoms with Gasteiger partial charge in [0.2, 0.25) is 35.4 Å². The van der Waals surface area contributed by atoms with Crippen molar-refractivity contribution in [3.8, 4) is 0 Å². The van der Waals surface area contributed by atoms with E-state index in [-0.39, 0.29) is 22.9 Å². The zero-order valence-corrected chi connectivity index (χ0v) is 45.6. The van der Waals surface area contributed by atoms with Crippen LogP contribution in [0.15, 0.2) is 72.8 Å². The van der Waals surface area contributed by atoms with Crippen LogP contribution in [0.5, 0.6) is 0 Å². The maximum Gasteiger partial charge on any atom is 0.329 e. The molecule has 22 nitrogen and oxygen atoms in total. The van der Waals surface area contributed by atoms with Gasteiger partial charge >= 0.3 is 11.9 Å². The lowest BCUT2D eigenvalue weighted by atomic mass is 10.0. The molecule has 76 heavy (non-hydrogen) atoms. The van der Waals surface area contributed by atoms with E-state index < -0.39 is 133 Å². The monoisotopic (exact) mass is 1080 g/mol. The Morgan fingerprint density at radius 1 is 0.539 bits per heavy atom. The second-order valence-corrected chi connectivity index (χ2v) is 21.9. The number of hydrogen-bond acceptors (Lipinski definition) is 16. The van der Waals surface area contributed by atoms with E-state index in [0.29, 0.717) is 11.0 Å². The first-order valence-electron chi connectivity index (χ1n) is 24.6. The molecule has 0 unspecified atom stereocenters. The largest absolute Gasteiger partial charge is 0.461 e. The van der Waals surface area contributed by atoms with E-state index in [4.69, 9.17) is 9.47 Å². The Bertz CT molecular complexity index is 2700. The van der Waals surface area contributed by atoms with Gasteiger partial charge in [0.1, 0.15) is 72.9 Å². The number of nitrogens with one attached hydrogen (secondary N) is 4. The van der Waals surface area contributed by atoms with E-state index >= 15 is 0 Å². The van der Waals surface area contributed by atoms with Gasteiger partial charge in [0.15, 0.2) is 0 Å². The lowest BCUT2D eigenvalue weighted by molar-refractivity contribution is -0.160. The number of likely N-dealkylation sites (N-methyl/N-ethyl adjacent to an activating group) is 4. The Labute approximate surface area is 447 Å². The van der Waals surface area contributed by atoms with Crippen molar-refractivity contribution in [3.63, 3.8) is 0 Å². The number of pyridine rings is 2. The van der Waals surface area contributed by atoms with E-state index in [0.717, 1.165) is 52.0 Å². The van der Waals surface area contributed by atoms with Crippen LogP contribution in [0.1, 0.15) is 62.5 Å². The summed E-state index contributed by atoms with van der Waals surface area (Å²) in [4.78, 5) is 156. The molecule has 0 radical (unpaired) electrons. The molecule has 2 fully saturated rings. The molecule has 4 heterocycles. The molecule has 406 valence electrons. The van der Waals surface area contributed by atoms with Crippen LogP contribution < -0.4 is 21.3 Å². The molecule has 24 heteroatoms. The zero-order chi connectivity index (χ0) is 55.7. The van der Waals surface area contributed by atoms with Gasteiger partial charge in [-0.2, -0.15) is 0 Å². The van der Waals surface area contributed by atoms with Gasteiger partial charge in [-0.25, -0.2) is 19.6 Å². The Balaban J connectivity index is 1.39. The summed E-state index contributed by atoms with van der Waals surface area (Å²) in [7, 11) is 7.54. The van der Waals surface area contributed by atoms with Crippen molar-refractivity contribution in [2.75, 3.05) is 52.9 Å². The summed E-state index contributed by atoms with van der Waals surface area (Å²) in [5.74, 6) is -9.95. The first-order valence-corrected chi connectivity index (χ1v) is 27.1. The smallest absolute Gasteiger partial charge is 0.329 e. The molecule has 0 aliphatic carbocycles. The molecule has 2 aromatic heterocycles. The highest BCUT2D eigenvalue weighted by atomic mass is 33.1. The molecule has 6 rings (SSSR count). The number of cyclic esters (lactones) is 2. The number of carbonyl (C=O) groups excluding carboxylic acids is 10. The van der Waals surface area contributed by atoms with Crippen molar-refractivity contribution in [1.82, 2.24) is 50.8 Å². The average molecular weight is 1090 g/mol. The van der Waals surface area contributed by atoms with Crippen LogP contribution in [0.4, 0.5) is 0 Å². The lowest BCUT2D eigenvalue weighted by Gasteiger charge is -2.37. The summed E-state index contributed by atoms with van der Waals surface area (Å²) in [6, 6.07) is 9.06. The SMILES string of the molecule is CC(C)[C@H]1C(=O)OC[C@@H](NC(=O)c2ccc3ccccc3n2)C(=O)N[C@@H](C)C(=O)N(C)[C@H]2CSSC[C@@H](C(=O)N1C)N(C)C(=O)[C@H](C)NC(=O)[C@H](NC(=O)c1ccc3ccccc3n1)COC(=O)[C@H](C(C)C)N(C)C2=O. The maximum atomic E-state index is 14.8. The van der Waals surface area contributed by atoms with Crippen molar-refractivity contribution in [2.24, 2.45) is 11.8 Å². The van der Waals surface area contributed by atoms with E-state index in [1.807, 2.05) is 0 Å². The van der Waals surface area contributed by atoms with Crippen LogP contribution in [0.3, 0.4) is 0 Å². The van der Waals surface area contributed by atoms with Crippen molar-refractivity contribution >= 4 is 103 Å². The van der Waals surface area contributed by atoms with E-state index in [1.54, 1.807) is 88.4 Å². The van der Waals surface area contributed by atoms with Gasteiger partial charge in [-0.1, -0.05) is 97.8 Å². The highest BCUT2D eigenvalue weighted by Gasteiger charge is 2.42. The number of carbonyl (C=O) groups is 10. The molecular weight excluding hydrogens is 1020 g/mol. The molecule has 8 atom stereocenters. The number of ether oxygens (including phenoxy) is 2. The Hall–Kier alpha value is -7.34. The van der Waals surface area contributed by atoms with Crippen LogP contribution >= 0.6 is 21.6 Å². The third-order valence-electron chi connectivity index (χ3n) is 13.2. The lowest BCUT2D eigenvalue weighted by Crippen LogP contribution is -2.60. The van der Waals surface area contributed by atoms with Gasteiger partial charge in [0.25, 0.3) is 11.8 Å². The minimum absolute atomic E-state index is 0.0679. The molecule has 2 aliphatic rings. The number of benzene rings is 2. The average Bonchev–Trinajstić information content (AvgIpc) is 3.39. The topological polar surface area (TPSA) is 276 Å². The molecule has 2 bridgehead atoms. The van der Waals surface area contributed by atoms with E-state index in [2.05, 4.69) is 31.2 Å². The number of nitrogens with zero attached hydrogens (tertiary/aromatic N) is 6. The molecule has 2 aromatic carbocycles. The van der Waals surface area contributed by atoms with Gasteiger partial charge in [0, 0.05) is 50.5 Å². The van der Waals surface area contributed by atoms with Gasteiger partial charge < -0.3 is 50.3 Å². The highest BCUT2D eigenvalue weighted by molar-refractivity contribution is 8.76. The summed E-state index contributed by atoms with van der Waals surface area (Å²) < 4.78 is 11.5. The summed E-state index contributed by atoms with van der Waals surface area (Å²) in [6.07, 6.45) is 0. The second kappa shape index (κ2) is 25.5. The van der Waals surface area contributed by atoms with Crippen LogP contribution in [0.25, 0.3) is 21.8 Å². The Morgan fingerprint density at radius 3 is 1.25 bits per heavy atom. The fourth-order valence-corrected chi connectivity index (χ4v) is 11.3. The zero-order valence-electron chi connectivity index (χ0n) is 43.9. The Kier molecular flexibility index (Phi) is 19.4. The normalized spacial score (nSPS) is 24.7. The molecule has 0 spiro atoms. The summed E-state index contributed by atoms with van der Waals surface area (Å²) in [6.45, 7) is 7.83. The molecule has 4 aromatic rings. The highest BCUT2D eigenvalue weighted by Crippen LogP contribution is 2.29. The third-order valence-corrected chi connectivity index (χ3v) is 15.5. The molecule has 4 N–H and O–H groups in total. The molecule has 8 amide bonds. The van der Waals surface area contributed by atoms with E-state index in [9.17, 15) is 47.9 Å². The van der Waals surface area contributed by atoms with Gasteiger partial charge in [-0.05, 0) is 49.9 Å². The number of fused-ring (bicyclic) bond motifs is 7. The molecule has 2 aliphatic heterocycles. The standard InChI is InChI=1S/C52H64N10O12S2/c1-27(2)41-51(71)73-23-37(57-43(63)35-21-19-31-15-11-13-17-33(31)55-35)45(65)53-30(6)48(68)60(8)40-26-76-75-25-39(49(69)61(41)9)59(7)47(67)29(5)54-46(66)38(24-74-52(72)42(28(3)4)62(10)50(40)70)58-44(64)36-22-20-32-16-12-14-18-34(32)56-36/h11-22,27-30,37-42H,23-26H2,1-10H3,(H,53,65)(H,54,66)(H,57,63)(H,58,64)/t29-,30-,37+,38+,39-,40-,41-,42-/m0/s1. The number of hydrogen-bond donors (Lipinski definition) is 4. The van der Waals surface area contributed by atoms with Crippen molar-refractivity contribution < 1.29 is 57.4 Å². The van der Waals surface area contributed by atoms with Crippen molar-refractivity contribution in [3.05, 3.63) is 84.2 Å². The molecule has 2 saturated heterocycles. The third kappa shape index (κ3) is 13.5. The van der Waals surface area contributed by atoms with Crippen molar-refractivity contribution in [1.29, 1.82) is 0 Å². The number of para-hydroxylation sites is 2. The van der Waals surface area contributed by atoms with Crippen LogP contribution in [-0.2, 0) is 47.8 Å². The minimum Gasteiger partial charge on any atom is -0.461 e. The van der Waals surface area contributed by atoms with Gasteiger partial charge in [0.05, 0.1) is 11.0 Å². The number of rotatable bonds is 6. The predicted molar refractivity (Wildman–Crippen MR) is 284 cm³/mol. The van der Waals surface area contributed by atoms with Gasteiger partial charge in [-0.15, -0.1) is 0 Å². The maximum absolute atomic E-state index is 14.8. The van der Waals surface area contributed by atoms with Crippen LogP contribution in [0, 0.1) is 11.8 Å².